The summed E-state index contributed by atoms with van der Waals surface area (Å²) < 4.78 is 6.15. The molecule has 1 aromatic carbocycles. The van der Waals surface area contributed by atoms with Crippen molar-refractivity contribution in [2.24, 2.45) is 5.92 Å². The SMILES string of the molecule is Cc1ccc(OCC2CC2)c(-c2ncnc3c(C(=O)N[C@@H]4C[C@H](C)N(C(=O)[C@H](C)O)C4)c(C)[nH]c23)c1. The molecule has 0 radical (unpaired) electrons. The normalized spacial score (nSPS) is 20.5. The maximum absolute atomic E-state index is 13.4. The highest BCUT2D eigenvalue weighted by Crippen LogP contribution is 2.37. The molecule has 1 saturated heterocycles. The zero-order chi connectivity index (χ0) is 25.6. The van der Waals surface area contributed by atoms with Gasteiger partial charge in [-0.25, -0.2) is 9.97 Å². The second kappa shape index (κ2) is 9.54. The number of nitrogens with zero attached hydrogens (tertiary/aromatic N) is 3. The van der Waals surface area contributed by atoms with Crippen molar-refractivity contribution in [3.8, 4) is 17.0 Å². The molecular weight excluding hydrogens is 458 g/mol. The highest BCUT2D eigenvalue weighted by molar-refractivity contribution is 6.09. The molecule has 0 spiro atoms. The molecule has 1 aliphatic carbocycles. The van der Waals surface area contributed by atoms with Crippen LogP contribution in [-0.2, 0) is 4.79 Å². The van der Waals surface area contributed by atoms with Gasteiger partial charge in [-0.3, -0.25) is 9.59 Å². The minimum absolute atomic E-state index is 0.0641. The van der Waals surface area contributed by atoms with E-state index in [1.54, 1.807) is 4.90 Å². The Morgan fingerprint density at radius 3 is 2.78 bits per heavy atom. The van der Waals surface area contributed by atoms with Gasteiger partial charge in [0, 0.05) is 29.9 Å². The van der Waals surface area contributed by atoms with Crippen LogP contribution in [0.4, 0.5) is 0 Å². The van der Waals surface area contributed by atoms with Crippen molar-refractivity contribution < 1.29 is 19.4 Å². The van der Waals surface area contributed by atoms with Crippen molar-refractivity contribution in [1.82, 2.24) is 25.2 Å². The summed E-state index contributed by atoms with van der Waals surface area (Å²) in [4.78, 5) is 39.7. The third kappa shape index (κ3) is 4.67. The van der Waals surface area contributed by atoms with Crippen LogP contribution < -0.4 is 10.1 Å². The lowest BCUT2D eigenvalue weighted by Gasteiger charge is -2.22. The summed E-state index contributed by atoms with van der Waals surface area (Å²) in [5, 5.41) is 12.8. The van der Waals surface area contributed by atoms with Gasteiger partial charge in [0.15, 0.2) is 0 Å². The molecule has 3 N–H and O–H groups in total. The van der Waals surface area contributed by atoms with Gasteiger partial charge in [0.05, 0.1) is 17.7 Å². The van der Waals surface area contributed by atoms with E-state index in [-0.39, 0.29) is 23.9 Å². The van der Waals surface area contributed by atoms with Crippen LogP contribution in [0.3, 0.4) is 0 Å². The Morgan fingerprint density at radius 2 is 2.06 bits per heavy atom. The first kappa shape index (κ1) is 24.2. The number of hydrogen-bond acceptors (Lipinski definition) is 6. The number of aliphatic hydroxyl groups excluding tert-OH is 1. The molecule has 190 valence electrons. The summed E-state index contributed by atoms with van der Waals surface area (Å²) in [6, 6.07) is 5.78. The van der Waals surface area contributed by atoms with Gasteiger partial charge in [-0.2, -0.15) is 0 Å². The summed E-state index contributed by atoms with van der Waals surface area (Å²) in [6.07, 6.45) is 3.45. The fourth-order valence-electron chi connectivity index (χ4n) is 4.99. The number of likely N-dealkylation sites (tertiary alicyclic amines) is 1. The summed E-state index contributed by atoms with van der Waals surface area (Å²) in [5.74, 6) is 0.824. The maximum atomic E-state index is 13.4. The number of fused-ring (bicyclic) bond motifs is 1. The lowest BCUT2D eigenvalue weighted by atomic mass is 10.1. The molecule has 2 aromatic heterocycles. The number of benzene rings is 1. The molecule has 2 fully saturated rings. The van der Waals surface area contributed by atoms with Crippen molar-refractivity contribution in [3.63, 3.8) is 0 Å². The fourth-order valence-corrected chi connectivity index (χ4v) is 4.99. The molecule has 3 heterocycles. The van der Waals surface area contributed by atoms with E-state index in [1.165, 1.54) is 26.1 Å². The number of H-pyrrole nitrogens is 1. The van der Waals surface area contributed by atoms with Crippen LogP contribution >= 0.6 is 0 Å². The fraction of sp³-hybridized carbons (Fsp3) is 0.481. The third-order valence-electron chi connectivity index (χ3n) is 7.11. The molecule has 2 aliphatic rings. The number of aromatic nitrogens is 3. The van der Waals surface area contributed by atoms with Crippen LogP contribution in [0.25, 0.3) is 22.3 Å². The smallest absolute Gasteiger partial charge is 0.255 e. The molecule has 5 rings (SSSR count). The Hall–Kier alpha value is -3.46. The van der Waals surface area contributed by atoms with Crippen LogP contribution in [0.5, 0.6) is 5.75 Å². The van der Waals surface area contributed by atoms with E-state index in [0.29, 0.717) is 53.5 Å². The van der Waals surface area contributed by atoms with Crippen LogP contribution in [0.15, 0.2) is 24.5 Å². The van der Waals surface area contributed by atoms with E-state index < -0.39 is 6.10 Å². The second-order valence-electron chi connectivity index (χ2n) is 10.2. The Balaban J connectivity index is 1.43. The van der Waals surface area contributed by atoms with Crippen LogP contribution in [0, 0.1) is 19.8 Å². The summed E-state index contributed by atoms with van der Waals surface area (Å²) in [7, 11) is 0. The zero-order valence-corrected chi connectivity index (χ0v) is 21.2. The van der Waals surface area contributed by atoms with E-state index in [2.05, 4.69) is 20.3 Å². The van der Waals surface area contributed by atoms with Gasteiger partial charge in [0.25, 0.3) is 11.8 Å². The average molecular weight is 492 g/mol. The standard InChI is InChI=1S/C27H33N5O4/c1-14-5-8-21(36-12-18-6-7-18)20(9-14)23-25-24(29-13-28-23)22(16(3)30-25)26(34)31-19-10-15(2)32(11-19)27(35)17(4)33/h5,8-9,13,15,17-19,30,33H,6-7,10-12H2,1-4H3,(H,31,34)/t15-,17-,19+/m0/s1. The van der Waals surface area contributed by atoms with Crippen molar-refractivity contribution in [2.75, 3.05) is 13.2 Å². The summed E-state index contributed by atoms with van der Waals surface area (Å²) in [5.41, 5.74) is 5.05. The van der Waals surface area contributed by atoms with E-state index in [0.717, 1.165) is 16.9 Å². The largest absolute Gasteiger partial charge is 0.493 e. The number of ether oxygens (including phenoxy) is 1. The third-order valence-corrected chi connectivity index (χ3v) is 7.11. The Labute approximate surface area is 210 Å². The van der Waals surface area contributed by atoms with Crippen LogP contribution in [0.2, 0.25) is 0 Å². The van der Waals surface area contributed by atoms with Crippen LogP contribution in [0.1, 0.15) is 54.7 Å². The maximum Gasteiger partial charge on any atom is 0.255 e. The minimum Gasteiger partial charge on any atom is -0.493 e. The predicted molar refractivity (Wildman–Crippen MR) is 136 cm³/mol. The first-order valence-electron chi connectivity index (χ1n) is 12.6. The minimum atomic E-state index is -1.06. The molecule has 9 nitrogen and oxygen atoms in total. The first-order chi connectivity index (χ1) is 17.2. The molecule has 1 aliphatic heterocycles. The molecule has 9 heteroatoms. The quantitative estimate of drug-likeness (QED) is 0.467. The van der Waals surface area contributed by atoms with Crippen molar-refractivity contribution in [1.29, 1.82) is 0 Å². The topological polar surface area (TPSA) is 120 Å². The van der Waals surface area contributed by atoms with Gasteiger partial charge in [0.1, 0.15) is 29.4 Å². The predicted octanol–water partition coefficient (Wildman–Crippen LogP) is 3.13. The van der Waals surface area contributed by atoms with Gasteiger partial charge in [-0.05, 0) is 65.0 Å². The van der Waals surface area contributed by atoms with E-state index in [4.69, 9.17) is 4.74 Å². The molecule has 36 heavy (non-hydrogen) atoms. The highest BCUT2D eigenvalue weighted by atomic mass is 16.5. The Morgan fingerprint density at radius 1 is 1.28 bits per heavy atom. The number of aromatic amines is 1. The number of aliphatic hydroxyl groups is 1. The summed E-state index contributed by atoms with van der Waals surface area (Å²) in [6.45, 7) is 8.32. The molecular formula is C27H33N5O4. The number of hydrogen-bond donors (Lipinski definition) is 3. The number of aryl methyl sites for hydroxylation is 2. The van der Waals surface area contributed by atoms with E-state index in [9.17, 15) is 14.7 Å². The van der Waals surface area contributed by atoms with Gasteiger partial charge in [-0.1, -0.05) is 11.6 Å². The number of nitrogens with one attached hydrogen (secondary N) is 2. The average Bonchev–Trinajstić information content (AvgIpc) is 3.50. The zero-order valence-electron chi connectivity index (χ0n) is 21.2. The van der Waals surface area contributed by atoms with Crippen molar-refractivity contribution >= 4 is 22.8 Å². The number of carbonyl (C=O) groups excluding carboxylic acids is 2. The number of amides is 2. The van der Waals surface area contributed by atoms with Crippen LogP contribution in [-0.4, -0.2) is 68.1 Å². The number of rotatable bonds is 7. The highest BCUT2D eigenvalue weighted by Gasteiger charge is 2.35. The summed E-state index contributed by atoms with van der Waals surface area (Å²) >= 11 is 0. The van der Waals surface area contributed by atoms with E-state index >= 15 is 0 Å². The number of carbonyl (C=O) groups is 2. The van der Waals surface area contributed by atoms with E-state index in [1.807, 2.05) is 39.0 Å². The lowest BCUT2D eigenvalue weighted by Crippen LogP contribution is -2.42. The van der Waals surface area contributed by atoms with Crippen molar-refractivity contribution in [2.45, 2.75) is 65.1 Å². The second-order valence-corrected chi connectivity index (χ2v) is 10.2. The molecule has 2 amide bonds. The van der Waals surface area contributed by atoms with Gasteiger partial charge >= 0.3 is 0 Å². The molecule has 3 aromatic rings. The molecule has 0 unspecified atom stereocenters. The van der Waals surface area contributed by atoms with Gasteiger partial charge in [-0.15, -0.1) is 0 Å². The Kier molecular flexibility index (Phi) is 6.42. The molecule has 1 saturated carbocycles. The molecule has 3 atom stereocenters. The van der Waals surface area contributed by atoms with Crippen molar-refractivity contribution in [3.05, 3.63) is 41.3 Å². The Bertz CT molecular complexity index is 1310. The monoisotopic (exact) mass is 491 g/mol. The van der Waals surface area contributed by atoms with Gasteiger partial charge in [0.2, 0.25) is 0 Å². The lowest BCUT2D eigenvalue weighted by molar-refractivity contribution is -0.139. The van der Waals surface area contributed by atoms with Gasteiger partial charge < -0.3 is 25.0 Å². The molecule has 0 bridgehead atoms. The first-order valence-corrected chi connectivity index (χ1v) is 12.6.